The van der Waals surface area contributed by atoms with Crippen LogP contribution in [0.4, 0.5) is 11.4 Å². The van der Waals surface area contributed by atoms with Crippen molar-refractivity contribution in [1.82, 2.24) is 4.90 Å². The van der Waals surface area contributed by atoms with Gasteiger partial charge in [-0.1, -0.05) is 11.6 Å². The van der Waals surface area contributed by atoms with E-state index in [1.54, 1.807) is 6.07 Å². The third-order valence-electron chi connectivity index (χ3n) is 3.25. The largest absolute Gasteiger partial charge is 0.399 e. The number of benzene rings is 1. The van der Waals surface area contributed by atoms with Gasteiger partial charge in [-0.3, -0.25) is 0 Å². The molecule has 1 aliphatic rings. The first-order valence-corrected chi connectivity index (χ1v) is 6.49. The summed E-state index contributed by atoms with van der Waals surface area (Å²) < 4.78 is 0. The fourth-order valence-electron chi connectivity index (χ4n) is 2.54. The van der Waals surface area contributed by atoms with Crippen molar-refractivity contribution in [3.63, 3.8) is 0 Å². The van der Waals surface area contributed by atoms with Crippen molar-refractivity contribution in [2.24, 2.45) is 0 Å². The fraction of sp³-hybridized carbons (Fsp3) is 0.538. The van der Waals surface area contributed by atoms with Gasteiger partial charge in [0.05, 0.1) is 16.8 Å². The van der Waals surface area contributed by atoms with Crippen LogP contribution >= 0.6 is 11.6 Å². The van der Waals surface area contributed by atoms with E-state index in [0.29, 0.717) is 17.3 Å². The standard InChI is InChI=1S/C13H20ClN3O/c1-16(2)7-10-6-11(18)8-17(10)13-4-3-9(15)5-12(13)14/h3-5,10-11,18H,6-8,15H2,1-2H3. The summed E-state index contributed by atoms with van der Waals surface area (Å²) in [5.41, 5.74) is 7.32. The number of hydrogen-bond acceptors (Lipinski definition) is 4. The van der Waals surface area contributed by atoms with Crippen molar-refractivity contribution in [3.8, 4) is 0 Å². The monoisotopic (exact) mass is 269 g/mol. The number of aliphatic hydroxyl groups is 1. The predicted molar refractivity (Wildman–Crippen MR) is 76.2 cm³/mol. The maximum atomic E-state index is 9.86. The van der Waals surface area contributed by atoms with Crippen LogP contribution in [0.5, 0.6) is 0 Å². The number of rotatable bonds is 3. The minimum absolute atomic E-state index is 0.288. The number of halogens is 1. The summed E-state index contributed by atoms with van der Waals surface area (Å²) in [7, 11) is 4.07. The summed E-state index contributed by atoms with van der Waals surface area (Å²) in [4.78, 5) is 4.30. The van der Waals surface area contributed by atoms with Crippen LogP contribution in [-0.2, 0) is 0 Å². The molecule has 0 bridgehead atoms. The van der Waals surface area contributed by atoms with Crippen molar-refractivity contribution in [3.05, 3.63) is 23.2 Å². The minimum Gasteiger partial charge on any atom is -0.399 e. The molecule has 0 spiro atoms. The molecular weight excluding hydrogens is 250 g/mol. The van der Waals surface area contributed by atoms with Gasteiger partial charge in [-0.05, 0) is 38.7 Å². The second kappa shape index (κ2) is 5.34. The Bertz CT molecular complexity index is 425. The summed E-state index contributed by atoms with van der Waals surface area (Å²) in [6, 6.07) is 5.82. The van der Waals surface area contributed by atoms with Crippen LogP contribution in [-0.4, -0.2) is 49.3 Å². The molecule has 2 unspecified atom stereocenters. The van der Waals surface area contributed by atoms with Gasteiger partial charge < -0.3 is 20.6 Å². The Morgan fingerprint density at radius 2 is 2.22 bits per heavy atom. The van der Waals surface area contributed by atoms with E-state index >= 15 is 0 Å². The molecule has 4 nitrogen and oxygen atoms in total. The van der Waals surface area contributed by atoms with Crippen LogP contribution in [0.1, 0.15) is 6.42 Å². The molecule has 0 aromatic heterocycles. The topological polar surface area (TPSA) is 52.7 Å². The van der Waals surface area contributed by atoms with Crippen LogP contribution in [0, 0.1) is 0 Å². The maximum absolute atomic E-state index is 9.86. The highest BCUT2D eigenvalue weighted by Crippen LogP contribution is 2.33. The quantitative estimate of drug-likeness (QED) is 0.815. The Morgan fingerprint density at radius 3 is 2.83 bits per heavy atom. The summed E-state index contributed by atoms with van der Waals surface area (Å²) in [6.07, 6.45) is 0.488. The van der Waals surface area contributed by atoms with Gasteiger partial charge in [-0.2, -0.15) is 0 Å². The zero-order valence-corrected chi connectivity index (χ0v) is 11.6. The van der Waals surface area contributed by atoms with Gasteiger partial charge in [0.2, 0.25) is 0 Å². The Balaban J connectivity index is 2.24. The van der Waals surface area contributed by atoms with E-state index in [1.807, 2.05) is 26.2 Å². The molecule has 0 aliphatic carbocycles. The van der Waals surface area contributed by atoms with E-state index in [1.165, 1.54) is 0 Å². The molecule has 0 radical (unpaired) electrons. The number of anilines is 2. The van der Waals surface area contributed by atoms with Crippen molar-refractivity contribution in [2.45, 2.75) is 18.6 Å². The molecule has 1 fully saturated rings. The van der Waals surface area contributed by atoms with Crippen LogP contribution in [0.3, 0.4) is 0 Å². The van der Waals surface area contributed by atoms with Gasteiger partial charge in [0.1, 0.15) is 0 Å². The summed E-state index contributed by atoms with van der Waals surface area (Å²) in [6.45, 7) is 1.53. The molecule has 5 heteroatoms. The highest BCUT2D eigenvalue weighted by Gasteiger charge is 2.32. The van der Waals surface area contributed by atoms with Crippen LogP contribution in [0.25, 0.3) is 0 Å². The van der Waals surface area contributed by atoms with E-state index in [9.17, 15) is 5.11 Å². The third-order valence-corrected chi connectivity index (χ3v) is 3.55. The molecule has 18 heavy (non-hydrogen) atoms. The van der Waals surface area contributed by atoms with E-state index in [-0.39, 0.29) is 12.1 Å². The Kier molecular flexibility index (Phi) is 4.00. The second-order valence-corrected chi connectivity index (χ2v) is 5.58. The van der Waals surface area contributed by atoms with E-state index < -0.39 is 0 Å². The van der Waals surface area contributed by atoms with Gasteiger partial charge >= 0.3 is 0 Å². The molecule has 3 N–H and O–H groups in total. The lowest BCUT2D eigenvalue weighted by Crippen LogP contribution is -2.37. The summed E-state index contributed by atoms with van der Waals surface area (Å²) in [5.74, 6) is 0. The summed E-state index contributed by atoms with van der Waals surface area (Å²) in [5, 5.41) is 10.5. The van der Waals surface area contributed by atoms with Crippen LogP contribution < -0.4 is 10.6 Å². The number of hydrogen-bond donors (Lipinski definition) is 2. The lowest BCUT2D eigenvalue weighted by atomic mass is 10.2. The minimum atomic E-state index is -0.288. The average Bonchev–Trinajstić information content (AvgIpc) is 2.58. The van der Waals surface area contributed by atoms with Gasteiger partial charge in [0.15, 0.2) is 0 Å². The fourth-order valence-corrected chi connectivity index (χ4v) is 2.84. The molecule has 1 aromatic carbocycles. The van der Waals surface area contributed by atoms with Crippen molar-refractivity contribution in [2.75, 3.05) is 37.8 Å². The number of nitrogens with zero attached hydrogens (tertiary/aromatic N) is 2. The third kappa shape index (κ3) is 2.88. The smallest absolute Gasteiger partial charge is 0.0735 e. The molecule has 1 aliphatic heterocycles. The molecule has 1 aromatic rings. The first-order valence-electron chi connectivity index (χ1n) is 6.12. The number of likely N-dealkylation sites (N-methyl/N-ethyl adjacent to an activating group) is 1. The zero-order chi connectivity index (χ0) is 13.3. The van der Waals surface area contributed by atoms with Crippen molar-refractivity contribution >= 4 is 23.0 Å². The highest BCUT2D eigenvalue weighted by molar-refractivity contribution is 6.33. The average molecular weight is 270 g/mol. The highest BCUT2D eigenvalue weighted by atomic mass is 35.5. The Hall–Kier alpha value is -0.970. The molecular formula is C13H20ClN3O. The zero-order valence-electron chi connectivity index (χ0n) is 10.8. The van der Waals surface area contributed by atoms with Crippen molar-refractivity contribution in [1.29, 1.82) is 0 Å². The molecule has 2 rings (SSSR count). The SMILES string of the molecule is CN(C)CC1CC(O)CN1c1ccc(N)cc1Cl. The van der Waals surface area contributed by atoms with E-state index in [0.717, 1.165) is 18.7 Å². The Labute approximate surface area is 113 Å². The molecule has 0 saturated carbocycles. The normalized spacial score (nSPS) is 23.9. The van der Waals surface area contributed by atoms with Gasteiger partial charge in [0.25, 0.3) is 0 Å². The van der Waals surface area contributed by atoms with Crippen LogP contribution in [0.2, 0.25) is 5.02 Å². The molecule has 1 heterocycles. The number of β-amino-alcohol motifs (C(OH)–C–C–N with tert-alkyl or cyclic N) is 1. The lowest BCUT2D eigenvalue weighted by Gasteiger charge is -2.29. The lowest BCUT2D eigenvalue weighted by molar-refractivity contribution is 0.191. The number of nitrogens with two attached hydrogens (primary N) is 1. The molecule has 1 saturated heterocycles. The first kappa shape index (κ1) is 13.5. The van der Waals surface area contributed by atoms with Gasteiger partial charge in [-0.25, -0.2) is 0 Å². The number of aliphatic hydroxyl groups excluding tert-OH is 1. The van der Waals surface area contributed by atoms with E-state index in [2.05, 4.69) is 9.80 Å². The summed E-state index contributed by atoms with van der Waals surface area (Å²) >= 11 is 6.24. The van der Waals surface area contributed by atoms with E-state index in [4.69, 9.17) is 17.3 Å². The number of nitrogen functional groups attached to an aromatic ring is 1. The molecule has 2 atom stereocenters. The van der Waals surface area contributed by atoms with Gasteiger partial charge in [-0.15, -0.1) is 0 Å². The van der Waals surface area contributed by atoms with Gasteiger partial charge in [0, 0.05) is 24.8 Å². The molecule has 0 amide bonds. The Morgan fingerprint density at radius 1 is 1.50 bits per heavy atom. The first-order chi connectivity index (χ1) is 8.47. The molecule has 100 valence electrons. The van der Waals surface area contributed by atoms with Crippen molar-refractivity contribution < 1.29 is 5.11 Å². The maximum Gasteiger partial charge on any atom is 0.0735 e. The van der Waals surface area contributed by atoms with Crippen LogP contribution in [0.15, 0.2) is 18.2 Å². The predicted octanol–water partition coefficient (Wildman–Crippen LogP) is 1.42. The second-order valence-electron chi connectivity index (χ2n) is 5.17.